The zero-order chi connectivity index (χ0) is 11.9. The van der Waals surface area contributed by atoms with E-state index in [2.05, 4.69) is 39.9 Å². The molecule has 1 aromatic rings. The van der Waals surface area contributed by atoms with Gasteiger partial charge in [-0.2, -0.15) is 0 Å². The molecule has 16 heavy (non-hydrogen) atoms. The Bertz CT molecular complexity index is 360. The maximum absolute atomic E-state index is 4.75. The second kappa shape index (κ2) is 4.11. The van der Waals surface area contributed by atoms with Gasteiger partial charge in [-0.05, 0) is 53.4 Å². The fraction of sp³-hybridized carbons (Fsp3) is 0.769. The molecule has 2 nitrogen and oxygen atoms in total. The molecule has 1 saturated carbocycles. The van der Waals surface area contributed by atoms with Crippen molar-refractivity contribution < 1.29 is 0 Å². The Balaban J connectivity index is 2.31. The summed E-state index contributed by atoms with van der Waals surface area (Å²) < 4.78 is 0. The van der Waals surface area contributed by atoms with E-state index in [0.29, 0.717) is 6.04 Å². The number of hydrogen-bond acceptors (Lipinski definition) is 3. The molecule has 1 atom stereocenters. The predicted molar refractivity (Wildman–Crippen MR) is 69.9 cm³/mol. The van der Waals surface area contributed by atoms with Crippen LogP contribution in [0.1, 0.15) is 49.2 Å². The van der Waals surface area contributed by atoms with Crippen molar-refractivity contribution in [1.29, 1.82) is 0 Å². The summed E-state index contributed by atoms with van der Waals surface area (Å²) in [5, 5.41) is 5.00. The molecule has 1 aliphatic rings. The molecule has 1 N–H and O–H groups in total. The number of hydrogen-bond donors (Lipinski definition) is 1. The molecule has 1 aliphatic carbocycles. The molecule has 0 bridgehead atoms. The van der Waals surface area contributed by atoms with Gasteiger partial charge in [0.25, 0.3) is 0 Å². The van der Waals surface area contributed by atoms with Crippen LogP contribution in [0.4, 0.5) is 0 Å². The maximum atomic E-state index is 4.75. The van der Waals surface area contributed by atoms with Crippen molar-refractivity contribution in [2.75, 3.05) is 0 Å². The number of rotatable bonds is 4. The van der Waals surface area contributed by atoms with Crippen LogP contribution in [0.15, 0.2) is 0 Å². The first-order valence-corrected chi connectivity index (χ1v) is 6.97. The minimum atomic E-state index is 0.0951. The molecule has 0 aliphatic heterocycles. The lowest BCUT2D eigenvalue weighted by Gasteiger charge is -2.31. The molecule has 0 amide bonds. The Morgan fingerprint density at radius 3 is 2.38 bits per heavy atom. The van der Waals surface area contributed by atoms with Gasteiger partial charge in [0.05, 0.1) is 11.2 Å². The third-order valence-corrected chi connectivity index (χ3v) is 4.77. The van der Waals surface area contributed by atoms with Gasteiger partial charge in [-0.15, -0.1) is 11.3 Å². The highest BCUT2D eigenvalue weighted by atomic mass is 32.1. The number of nitrogens with zero attached hydrogens (tertiary/aromatic N) is 1. The standard InChI is InChI=1S/C13H22N2S/c1-8(2)15-13(5,11-6-7-11)12-14-9(3)10(4)16-12/h8,11,15H,6-7H2,1-5H3. The van der Waals surface area contributed by atoms with Crippen LogP contribution in [0.2, 0.25) is 0 Å². The Kier molecular flexibility index (Phi) is 3.10. The van der Waals surface area contributed by atoms with Crippen molar-refractivity contribution in [2.24, 2.45) is 5.92 Å². The fourth-order valence-electron chi connectivity index (χ4n) is 2.31. The topological polar surface area (TPSA) is 24.9 Å². The van der Waals surface area contributed by atoms with E-state index in [-0.39, 0.29) is 5.54 Å². The van der Waals surface area contributed by atoms with Crippen molar-refractivity contribution in [3.63, 3.8) is 0 Å². The van der Waals surface area contributed by atoms with Crippen LogP contribution in [0.25, 0.3) is 0 Å². The quantitative estimate of drug-likeness (QED) is 0.870. The van der Waals surface area contributed by atoms with Crippen molar-refractivity contribution >= 4 is 11.3 Å². The van der Waals surface area contributed by atoms with Gasteiger partial charge in [0.2, 0.25) is 0 Å². The average Bonchev–Trinajstić information content (AvgIpc) is 2.94. The largest absolute Gasteiger partial charge is 0.303 e. The van der Waals surface area contributed by atoms with Gasteiger partial charge in [0.1, 0.15) is 5.01 Å². The van der Waals surface area contributed by atoms with Gasteiger partial charge in [-0.25, -0.2) is 4.98 Å². The third kappa shape index (κ3) is 2.16. The number of aryl methyl sites for hydroxylation is 2. The van der Waals surface area contributed by atoms with Crippen LogP contribution in [0, 0.1) is 19.8 Å². The lowest BCUT2D eigenvalue weighted by Crippen LogP contribution is -2.45. The average molecular weight is 238 g/mol. The summed E-state index contributed by atoms with van der Waals surface area (Å²) in [6, 6.07) is 0.509. The first kappa shape index (κ1) is 12.1. The predicted octanol–water partition coefficient (Wildman–Crippen LogP) is 3.38. The van der Waals surface area contributed by atoms with E-state index in [4.69, 9.17) is 4.98 Å². The van der Waals surface area contributed by atoms with E-state index in [1.54, 1.807) is 0 Å². The lowest BCUT2D eigenvalue weighted by molar-refractivity contribution is 0.290. The van der Waals surface area contributed by atoms with Crippen LogP contribution in [0.5, 0.6) is 0 Å². The van der Waals surface area contributed by atoms with Crippen LogP contribution < -0.4 is 5.32 Å². The molecular formula is C13H22N2S. The minimum Gasteiger partial charge on any atom is -0.303 e. The lowest BCUT2D eigenvalue weighted by atomic mass is 9.95. The summed E-state index contributed by atoms with van der Waals surface area (Å²) in [4.78, 5) is 6.11. The minimum absolute atomic E-state index is 0.0951. The molecule has 0 aromatic carbocycles. The second-order valence-electron chi connectivity index (χ2n) is 5.44. The molecule has 1 aromatic heterocycles. The van der Waals surface area contributed by atoms with Crippen LogP contribution in [0.3, 0.4) is 0 Å². The van der Waals surface area contributed by atoms with Gasteiger partial charge in [-0.3, -0.25) is 0 Å². The van der Waals surface area contributed by atoms with Crippen LogP contribution in [-0.2, 0) is 5.54 Å². The molecule has 0 saturated heterocycles. The SMILES string of the molecule is Cc1nc(C(C)(NC(C)C)C2CC2)sc1C. The van der Waals surface area contributed by atoms with E-state index in [0.717, 1.165) is 5.92 Å². The normalized spacial score (nSPS) is 20.1. The Hall–Kier alpha value is -0.410. The summed E-state index contributed by atoms with van der Waals surface area (Å²) >= 11 is 1.86. The first-order valence-electron chi connectivity index (χ1n) is 6.15. The fourth-order valence-corrected chi connectivity index (χ4v) is 3.41. The molecule has 2 rings (SSSR count). The summed E-state index contributed by atoms with van der Waals surface area (Å²) in [6.45, 7) is 11.0. The van der Waals surface area contributed by atoms with E-state index >= 15 is 0 Å². The third-order valence-electron chi connectivity index (χ3n) is 3.46. The van der Waals surface area contributed by atoms with Gasteiger partial charge < -0.3 is 5.32 Å². The molecular weight excluding hydrogens is 216 g/mol. The van der Waals surface area contributed by atoms with Crippen molar-refractivity contribution in [2.45, 2.75) is 59.0 Å². The second-order valence-corrected chi connectivity index (χ2v) is 6.64. The summed E-state index contributed by atoms with van der Waals surface area (Å²) in [5.41, 5.74) is 1.29. The molecule has 0 spiro atoms. The molecule has 1 fully saturated rings. The Morgan fingerprint density at radius 2 is 2.00 bits per heavy atom. The molecule has 3 heteroatoms. The van der Waals surface area contributed by atoms with Gasteiger partial charge in [0, 0.05) is 10.9 Å². The van der Waals surface area contributed by atoms with Gasteiger partial charge >= 0.3 is 0 Å². The van der Waals surface area contributed by atoms with Crippen molar-refractivity contribution in [3.05, 3.63) is 15.6 Å². The molecule has 0 radical (unpaired) electrons. The highest BCUT2D eigenvalue weighted by molar-refractivity contribution is 7.11. The van der Waals surface area contributed by atoms with Crippen LogP contribution >= 0.6 is 11.3 Å². The van der Waals surface area contributed by atoms with E-state index < -0.39 is 0 Å². The zero-order valence-electron chi connectivity index (χ0n) is 10.9. The monoisotopic (exact) mass is 238 g/mol. The highest BCUT2D eigenvalue weighted by Crippen LogP contribution is 2.47. The highest BCUT2D eigenvalue weighted by Gasteiger charge is 2.45. The molecule has 90 valence electrons. The van der Waals surface area contributed by atoms with E-state index in [1.807, 2.05) is 11.3 Å². The Morgan fingerprint density at radius 1 is 1.38 bits per heavy atom. The number of nitrogens with one attached hydrogen (secondary N) is 1. The summed E-state index contributed by atoms with van der Waals surface area (Å²) in [7, 11) is 0. The first-order chi connectivity index (χ1) is 7.43. The number of aromatic nitrogens is 1. The van der Waals surface area contributed by atoms with Crippen molar-refractivity contribution in [3.8, 4) is 0 Å². The van der Waals surface area contributed by atoms with Crippen molar-refractivity contribution in [1.82, 2.24) is 10.3 Å². The van der Waals surface area contributed by atoms with Crippen LogP contribution in [-0.4, -0.2) is 11.0 Å². The molecule has 1 heterocycles. The summed E-state index contributed by atoms with van der Waals surface area (Å²) in [6.07, 6.45) is 2.68. The summed E-state index contributed by atoms with van der Waals surface area (Å²) in [5.74, 6) is 0.778. The Labute approximate surface area is 102 Å². The maximum Gasteiger partial charge on any atom is 0.113 e. The number of thiazole rings is 1. The molecule has 1 unspecified atom stereocenters. The van der Waals surface area contributed by atoms with E-state index in [1.165, 1.54) is 28.4 Å². The van der Waals surface area contributed by atoms with Gasteiger partial charge in [-0.1, -0.05) is 0 Å². The zero-order valence-corrected chi connectivity index (χ0v) is 11.7. The van der Waals surface area contributed by atoms with E-state index in [9.17, 15) is 0 Å². The van der Waals surface area contributed by atoms with Gasteiger partial charge in [0.15, 0.2) is 0 Å². The smallest absolute Gasteiger partial charge is 0.113 e.